The average molecular weight is 260 g/mol. The van der Waals surface area contributed by atoms with Crippen LogP contribution >= 0.6 is 11.6 Å². The summed E-state index contributed by atoms with van der Waals surface area (Å²) in [6.07, 6.45) is 0.617. The molecule has 0 heterocycles. The Morgan fingerprint density at radius 2 is 1.89 bits per heavy atom. The van der Waals surface area contributed by atoms with E-state index in [1.807, 2.05) is 54.6 Å². The van der Waals surface area contributed by atoms with Crippen molar-refractivity contribution in [2.24, 2.45) is 10.8 Å². The lowest BCUT2D eigenvalue weighted by Gasteiger charge is -2.06. The second-order valence-electron chi connectivity index (χ2n) is 3.85. The number of nitrogens with one attached hydrogen (secondary N) is 1. The molecule has 0 saturated carbocycles. The molecule has 0 aliphatic carbocycles. The van der Waals surface area contributed by atoms with Crippen LogP contribution in [-0.4, -0.2) is 5.84 Å². The molecule has 4 heteroatoms. The van der Waals surface area contributed by atoms with Crippen LogP contribution in [0.5, 0.6) is 0 Å². The van der Waals surface area contributed by atoms with E-state index >= 15 is 0 Å². The van der Waals surface area contributed by atoms with Gasteiger partial charge in [-0.3, -0.25) is 0 Å². The first-order valence-corrected chi connectivity index (χ1v) is 5.99. The maximum Gasteiger partial charge on any atom is 0.121 e. The van der Waals surface area contributed by atoms with Crippen LogP contribution in [0.15, 0.2) is 59.6 Å². The fraction of sp³-hybridized carbons (Fsp3) is 0.0714. The summed E-state index contributed by atoms with van der Waals surface area (Å²) in [5.41, 5.74) is 4.56. The van der Waals surface area contributed by atoms with Gasteiger partial charge in [-0.05, 0) is 29.8 Å². The Balaban J connectivity index is 2.17. The van der Waals surface area contributed by atoms with Crippen LogP contribution in [0.3, 0.4) is 0 Å². The summed E-state index contributed by atoms with van der Waals surface area (Å²) in [5.74, 6) is 6.19. The minimum absolute atomic E-state index is 0.617. The molecule has 18 heavy (non-hydrogen) atoms. The molecule has 0 aliphatic rings. The van der Waals surface area contributed by atoms with E-state index in [9.17, 15) is 0 Å². The van der Waals surface area contributed by atoms with E-state index in [-0.39, 0.29) is 0 Å². The number of para-hydroxylation sites is 1. The van der Waals surface area contributed by atoms with Crippen molar-refractivity contribution in [3.05, 3.63) is 65.2 Å². The van der Waals surface area contributed by atoms with E-state index in [0.29, 0.717) is 17.3 Å². The summed E-state index contributed by atoms with van der Waals surface area (Å²) in [6, 6.07) is 17.3. The second kappa shape index (κ2) is 6.19. The average Bonchev–Trinajstić information content (AvgIpc) is 2.39. The molecule has 0 spiro atoms. The molecule has 2 rings (SSSR count). The standard InChI is InChI=1S/C14H14ClN3/c15-12-6-4-5-11(9-12)10-14(18-16)17-13-7-2-1-3-8-13/h1-9H,10,16H2,(H,17,18). The predicted molar refractivity (Wildman–Crippen MR) is 76.0 cm³/mol. The first kappa shape index (κ1) is 12.6. The largest absolute Gasteiger partial charge is 0.312 e. The van der Waals surface area contributed by atoms with Gasteiger partial charge in [0.1, 0.15) is 5.84 Å². The number of hydrazine groups is 1. The molecular formula is C14H14ClN3. The van der Waals surface area contributed by atoms with Gasteiger partial charge in [0.2, 0.25) is 0 Å². The first-order valence-electron chi connectivity index (χ1n) is 5.61. The summed E-state index contributed by atoms with van der Waals surface area (Å²) in [7, 11) is 0. The van der Waals surface area contributed by atoms with Gasteiger partial charge in [-0.15, -0.1) is 0 Å². The Bertz CT molecular complexity index is 538. The molecule has 2 aromatic carbocycles. The van der Waals surface area contributed by atoms with Crippen molar-refractivity contribution in [1.82, 2.24) is 5.43 Å². The number of benzene rings is 2. The summed E-state index contributed by atoms with van der Waals surface area (Å²) in [6.45, 7) is 0. The Labute approximate surface area is 111 Å². The van der Waals surface area contributed by atoms with Crippen LogP contribution in [0, 0.1) is 0 Å². The normalized spacial score (nSPS) is 11.3. The Morgan fingerprint density at radius 1 is 1.11 bits per heavy atom. The molecule has 0 saturated heterocycles. The number of nitrogens with zero attached hydrogens (tertiary/aromatic N) is 1. The minimum atomic E-state index is 0.617. The molecule has 3 nitrogen and oxygen atoms in total. The third-order valence-electron chi connectivity index (χ3n) is 2.45. The number of hydrogen-bond acceptors (Lipinski definition) is 2. The maximum absolute atomic E-state index is 5.94. The highest BCUT2D eigenvalue weighted by Crippen LogP contribution is 2.13. The Hall–Kier alpha value is -1.84. The molecule has 0 atom stereocenters. The lowest BCUT2D eigenvalue weighted by atomic mass is 10.1. The lowest BCUT2D eigenvalue weighted by Crippen LogP contribution is -2.31. The highest BCUT2D eigenvalue weighted by atomic mass is 35.5. The van der Waals surface area contributed by atoms with E-state index in [1.54, 1.807) is 0 Å². The van der Waals surface area contributed by atoms with Crippen molar-refractivity contribution in [2.75, 3.05) is 0 Å². The van der Waals surface area contributed by atoms with Crippen molar-refractivity contribution in [1.29, 1.82) is 0 Å². The number of amidine groups is 1. The molecule has 0 fully saturated rings. The molecule has 0 bridgehead atoms. The van der Waals surface area contributed by atoms with Gasteiger partial charge in [0, 0.05) is 11.4 Å². The fourth-order valence-corrected chi connectivity index (χ4v) is 1.83. The second-order valence-corrected chi connectivity index (χ2v) is 4.28. The van der Waals surface area contributed by atoms with Crippen molar-refractivity contribution >= 4 is 23.1 Å². The monoisotopic (exact) mass is 259 g/mol. The summed E-state index contributed by atoms with van der Waals surface area (Å²) in [5, 5.41) is 0.712. The van der Waals surface area contributed by atoms with Crippen LogP contribution < -0.4 is 11.3 Å². The number of rotatable bonds is 3. The zero-order chi connectivity index (χ0) is 12.8. The SMILES string of the molecule is NNC(Cc1cccc(Cl)c1)=Nc1ccccc1. The Kier molecular flexibility index (Phi) is 4.34. The van der Waals surface area contributed by atoms with Gasteiger partial charge in [-0.1, -0.05) is 41.9 Å². The van der Waals surface area contributed by atoms with Crippen molar-refractivity contribution in [2.45, 2.75) is 6.42 Å². The predicted octanol–water partition coefficient (Wildman–Crippen LogP) is 3.08. The van der Waals surface area contributed by atoms with E-state index in [0.717, 1.165) is 11.3 Å². The summed E-state index contributed by atoms with van der Waals surface area (Å²) >= 11 is 5.94. The quantitative estimate of drug-likeness (QED) is 0.385. The molecular weight excluding hydrogens is 246 g/mol. The van der Waals surface area contributed by atoms with Crippen LogP contribution in [0.2, 0.25) is 5.02 Å². The smallest absolute Gasteiger partial charge is 0.121 e. The molecule has 2 aromatic rings. The van der Waals surface area contributed by atoms with Crippen LogP contribution in [0.25, 0.3) is 0 Å². The van der Waals surface area contributed by atoms with Gasteiger partial charge in [0.25, 0.3) is 0 Å². The Morgan fingerprint density at radius 3 is 2.56 bits per heavy atom. The first-order chi connectivity index (χ1) is 8.78. The lowest BCUT2D eigenvalue weighted by molar-refractivity contribution is 0.988. The molecule has 0 radical (unpaired) electrons. The molecule has 0 aromatic heterocycles. The van der Waals surface area contributed by atoms with Gasteiger partial charge in [-0.25, -0.2) is 10.8 Å². The zero-order valence-electron chi connectivity index (χ0n) is 9.81. The van der Waals surface area contributed by atoms with Crippen molar-refractivity contribution in [3.63, 3.8) is 0 Å². The number of halogens is 1. The number of aliphatic imine (C=N–C) groups is 1. The topological polar surface area (TPSA) is 50.4 Å². The van der Waals surface area contributed by atoms with E-state index in [1.165, 1.54) is 0 Å². The highest BCUT2D eigenvalue weighted by molar-refractivity contribution is 6.30. The third kappa shape index (κ3) is 3.58. The zero-order valence-corrected chi connectivity index (χ0v) is 10.6. The molecule has 0 aliphatic heterocycles. The van der Waals surface area contributed by atoms with E-state index < -0.39 is 0 Å². The molecule has 0 unspecified atom stereocenters. The van der Waals surface area contributed by atoms with Gasteiger partial charge in [0.05, 0.1) is 5.69 Å². The van der Waals surface area contributed by atoms with Gasteiger partial charge < -0.3 is 5.43 Å². The van der Waals surface area contributed by atoms with Crippen molar-refractivity contribution < 1.29 is 0 Å². The van der Waals surface area contributed by atoms with E-state index in [2.05, 4.69) is 10.4 Å². The third-order valence-corrected chi connectivity index (χ3v) is 2.68. The van der Waals surface area contributed by atoms with Crippen molar-refractivity contribution in [3.8, 4) is 0 Å². The minimum Gasteiger partial charge on any atom is -0.312 e. The maximum atomic E-state index is 5.94. The fourth-order valence-electron chi connectivity index (χ4n) is 1.62. The summed E-state index contributed by atoms with van der Waals surface area (Å²) in [4.78, 5) is 4.44. The van der Waals surface area contributed by atoms with E-state index in [4.69, 9.17) is 17.4 Å². The molecule has 3 N–H and O–H groups in total. The summed E-state index contributed by atoms with van der Waals surface area (Å²) < 4.78 is 0. The number of nitrogens with two attached hydrogens (primary N) is 1. The highest BCUT2D eigenvalue weighted by Gasteiger charge is 2.01. The van der Waals surface area contributed by atoms with Crippen LogP contribution in [0.4, 0.5) is 5.69 Å². The number of hydrogen-bond donors (Lipinski definition) is 2. The molecule has 92 valence electrons. The van der Waals surface area contributed by atoms with Crippen LogP contribution in [-0.2, 0) is 6.42 Å². The van der Waals surface area contributed by atoms with Gasteiger partial charge in [0.15, 0.2) is 0 Å². The van der Waals surface area contributed by atoms with Gasteiger partial charge >= 0.3 is 0 Å². The van der Waals surface area contributed by atoms with Crippen LogP contribution in [0.1, 0.15) is 5.56 Å². The van der Waals surface area contributed by atoms with Gasteiger partial charge in [-0.2, -0.15) is 0 Å². The molecule has 0 amide bonds.